The first-order valence-corrected chi connectivity index (χ1v) is 11.1. The Morgan fingerprint density at radius 1 is 1.27 bits per heavy atom. The number of hydrogen-bond donors (Lipinski definition) is 0. The number of nitriles is 1. The lowest BCUT2D eigenvalue weighted by Crippen LogP contribution is -2.40. The van der Waals surface area contributed by atoms with Crippen LogP contribution in [-0.2, 0) is 9.05 Å². The molecule has 1 heterocycles. The highest BCUT2D eigenvalue weighted by Gasteiger charge is 2.45. The normalized spacial score (nSPS) is 25.9. The van der Waals surface area contributed by atoms with Crippen LogP contribution in [0, 0.1) is 11.3 Å². The Balaban J connectivity index is 2.87. The Morgan fingerprint density at radius 3 is 2.27 bits per heavy atom. The molecule has 0 aromatic heterocycles. The number of rotatable bonds is 8. The predicted octanol–water partition coefficient (Wildman–Crippen LogP) is 5.21. The van der Waals surface area contributed by atoms with Crippen LogP contribution in [0.2, 0.25) is 0 Å². The fourth-order valence-electron chi connectivity index (χ4n) is 2.47. The molecule has 0 bridgehead atoms. The lowest BCUT2D eigenvalue weighted by Gasteiger charge is -2.39. The van der Waals surface area contributed by atoms with Gasteiger partial charge in [0.2, 0.25) is 0 Å². The molecular formula is C15H29N2O2PS2. The summed E-state index contributed by atoms with van der Waals surface area (Å²) >= 11 is 0. The highest BCUT2D eigenvalue weighted by atomic mass is 33.1. The summed E-state index contributed by atoms with van der Waals surface area (Å²) in [5.74, 6) is 0. The zero-order valence-corrected chi connectivity index (χ0v) is 17.2. The molecule has 0 amide bonds. The third kappa shape index (κ3) is 5.54. The molecule has 0 spiro atoms. The van der Waals surface area contributed by atoms with Crippen LogP contribution in [0.4, 0.5) is 0 Å². The molecule has 128 valence electrons. The fraction of sp³-hybridized carbons (Fsp3) is 0.933. The van der Waals surface area contributed by atoms with Crippen molar-refractivity contribution in [2.75, 3.05) is 6.61 Å². The van der Waals surface area contributed by atoms with Gasteiger partial charge in [0.1, 0.15) is 0 Å². The van der Waals surface area contributed by atoms with Crippen LogP contribution in [0.5, 0.6) is 0 Å². The molecular weight excluding hydrogens is 335 g/mol. The van der Waals surface area contributed by atoms with Crippen molar-refractivity contribution in [1.82, 2.24) is 4.67 Å². The standard InChI is InChI=1S/C15H29N2O2PS2/c1-11(2)17(12(3)4)20(18-10-8-9-16)19-14-13(5)21-22-15(14,6)7/h11-14H,8,10H2,1-7H3/t13-,14-,20?/m1/s1. The van der Waals surface area contributed by atoms with Crippen LogP contribution >= 0.6 is 30.1 Å². The van der Waals surface area contributed by atoms with Crippen LogP contribution in [-0.4, -0.2) is 39.5 Å². The SMILES string of the molecule is CC(C)N(C(C)C)P(OCCC#N)O[C@@H]1[C@@H](C)SSC1(C)C. The lowest BCUT2D eigenvalue weighted by molar-refractivity contribution is 0.117. The molecule has 0 saturated carbocycles. The maximum Gasteiger partial charge on any atom is 0.259 e. The van der Waals surface area contributed by atoms with Crippen molar-refractivity contribution in [3.8, 4) is 6.07 Å². The highest BCUT2D eigenvalue weighted by Crippen LogP contribution is 2.57. The minimum absolute atomic E-state index is 0.0723. The second-order valence-electron chi connectivity index (χ2n) is 6.56. The first-order chi connectivity index (χ1) is 10.2. The van der Waals surface area contributed by atoms with E-state index in [4.69, 9.17) is 14.3 Å². The molecule has 22 heavy (non-hydrogen) atoms. The average molecular weight is 365 g/mol. The van der Waals surface area contributed by atoms with Gasteiger partial charge in [-0.15, -0.1) is 0 Å². The smallest absolute Gasteiger partial charge is 0.259 e. The zero-order chi connectivity index (χ0) is 16.9. The van der Waals surface area contributed by atoms with E-state index in [-0.39, 0.29) is 10.9 Å². The first kappa shape index (κ1) is 20.5. The Hall–Kier alpha value is 0.500. The van der Waals surface area contributed by atoms with Crippen molar-refractivity contribution in [1.29, 1.82) is 5.26 Å². The van der Waals surface area contributed by atoms with Crippen molar-refractivity contribution in [3.63, 3.8) is 0 Å². The summed E-state index contributed by atoms with van der Waals surface area (Å²) in [5.41, 5.74) is 0. The summed E-state index contributed by atoms with van der Waals surface area (Å²) in [7, 11) is 2.62. The molecule has 0 radical (unpaired) electrons. The molecule has 0 aromatic carbocycles. The maximum absolute atomic E-state index is 8.76. The molecule has 1 rings (SSSR count). The summed E-state index contributed by atoms with van der Waals surface area (Å²) in [6.45, 7) is 15.8. The van der Waals surface area contributed by atoms with E-state index in [0.717, 1.165) is 0 Å². The van der Waals surface area contributed by atoms with Gasteiger partial charge in [-0.25, -0.2) is 4.67 Å². The van der Waals surface area contributed by atoms with Gasteiger partial charge in [-0.1, -0.05) is 21.6 Å². The molecule has 3 atom stereocenters. The third-order valence-electron chi connectivity index (χ3n) is 3.39. The molecule has 1 saturated heterocycles. The van der Waals surface area contributed by atoms with Crippen molar-refractivity contribution in [3.05, 3.63) is 0 Å². The zero-order valence-electron chi connectivity index (χ0n) is 14.7. The highest BCUT2D eigenvalue weighted by molar-refractivity contribution is 8.77. The Bertz CT molecular complexity index is 380. The predicted molar refractivity (Wildman–Crippen MR) is 98.8 cm³/mol. The van der Waals surface area contributed by atoms with Gasteiger partial charge >= 0.3 is 0 Å². The van der Waals surface area contributed by atoms with Gasteiger partial charge in [0, 0.05) is 22.1 Å². The van der Waals surface area contributed by atoms with Gasteiger partial charge in [0.15, 0.2) is 0 Å². The quantitative estimate of drug-likeness (QED) is 0.335. The van der Waals surface area contributed by atoms with Gasteiger partial charge in [-0.3, -0.25) is 0 Å². The fourth-order valence-corrected chi connectivity index (χ4v) is 7.68. The van der Waals surface area contributed by atoms with Gasteiger partial charge in [0.05, 0.1) is 25.2 Å². The summed E-state index contributed by atoms with van der Waals surface area (Å²) in [6.07, 6.45) is 0.551. The Labute approximate surface area is 145 Å². The molecule has 0 aliphatic carbocycles. The van der Waals surface area contributed by atoms with Gasteiger partial charge in [-0.2, -0.15) is 5.26 Å². The van der Waals surface area contributed by atoms with E-state index < -0.39 is 8.53 Å². The topological polar surface area (TPSA) is 45.5 Å². The lowest BCUT2D eigenvalue weighted by atomic mass is 10.0. The molecule has 0 aromatic rings. The number of hydrogen-bond acceptors (Lipinski definition) is 6. The Kier molecular flexibility index (Phi) is 8.50. The largest absolute Gasteiger partial charge is 0.321 e. The monoisotopic (exact) mass is 364 g/mol. The summed E-state index contributed by atoms with van der Waals surface area (Å²) < 4.78 is 14.9. The summed E-state index contributed by atoms with van der Waals surface area (Å²) in [5, 5.41) is 9.20. The van der Waals surface area contributed by atoms with Crippen molar-refractivity contribution in [2.45, 2.75) is 83.1 Å². The first-order valence-electron chi connectivity index (χ1n) is 7.80. The third-order valence-corrected chi connectivity index (χ3v) is 9.30. The average Bonchev–Trinajstić information content (AvgIpc) is 2.64. The second-order valence-corrected chi connectivity index (χ2v) is 11.2. The van der Waals surface area contributed by atoms with Crippen molar-refractivity contribution in [2.24, 2.45) is 0 Å². The molecule has 4 nitrogen and oxygen atoms in total. The van der Waals surface area contributed by atoms with E-state index >= 15 is 0 Å². The Morgan fingerprint density at radius 2 is 1.86 bits per heavy atom. The second kappa shape index (κ2) is 9.11. The molecule has 0 N–H and O–H groups in total. The van der Waals surface area contributed by atoms with Crippen molar-refractivity contribution >= 4 is 30.1 Å². The van der Waals surface area contributed by atoms with Crippen LogP contribution in [0.1, 0.15) is 54.9 Å². The van der Waals surface area contributed by atoms with Gasteiger partial charge in [0.25, 0.3) is 8.53 Å². The molecule has 1 unspecified atom stereocenters. The van der Waals surface area contributed by atoms with E-state index in [0.29, 0.717) is 30.4 Å². The van der Waals surface area contributed by atoms with Crippen molar-refractivity contribution < 1.29 is 9.05 Å². The van der Waals surface area contributed by atoms with E-state index in [1.165, 1.54) is 0 Å². The molecule has 1 aliphatic heterocycles. The van der Waals surface area contributed by atoms with E-state index in [2.05, 4.69) is 59.2 Å². The van der Waals surface area contributed by atoms with Crippen LogP contribution < -0.4 is 0 Å². The van der Waals surface area contributed by atoms with E-state index in [9.17, 15) is 0 Å². The molecule has 1 fully saturated rings. The van der Waals surface area contributed by atoms with Crippen LogP contribution in [0.3, 0.4) is 0 Å². The molecule has 7 heteroatoms. The van der Waals surface area contributed by atoms with Gasteiger partial charge < -0.3 is 9.05 Å². The minimum Gasteiger partial charge on any atom is -0.321 e. The maximum atomic E-state index is 8.76. The summed E-state index contributed by atoms with van der Waals surface area (Å²) in [6, 6.07) is 2.82. The van der Waals surface area contributed by atoms with Crippen LogP contribution in [0.15, 0.2) is 0 Å². The van der Waals surface area contributed by atoms with E-state index in [1.807, 2.05) is 21.6 Å². The minimum atomic E-state index is -1.16. The van der Waals surface area contributed by atoms with Crippen LogP contribution in [0.25, 0.3) is 0 Å². The molecule has 1 aliphatic rings. The number of nitrogens with zero attached hydrogens (tertiary/aromatic N) is 2. The van der Waals surface area contributed by atoms with Gasteiger partial charge in [-0.05, 0) is 48.5 Å². The summed E-state index contributed by atoms with van der Waals surface area (Å²) in [4.78, 5) is 0. The van der Waals surface area contributed by atoms with E-state index in [1.54, 1.807) is 0 Å².